The first-order valence-corrected chi connectivity index (χ1v) is 7.26. The standard InChI is InChI=1S/C16H27N3/c1-14(15-9-5-4-6-10-15)16(18)13-19-12-8-3-2-7-11-17/h4-6,9-10,13-14,16H,2-3,7-8,11-12,17-18H2,1H3. The Labute approximate surface area is 117 Å². The minimum absolute atomic E-state index is 0.00792. The van der Waals surface area contributed by atoms with E-state index < -0.39 is 0 Å². The molecule has 0 aliphatic heterocycles. The third kappa shape index (κ3) is 6.50. The van der Waals surface area contributed by atoms with Crippen LogP contribution < -0.4 is 11.5 Å². The van der Waals surface area contributed by atoms with Gasteiger partial charge in [0.1, 0.15) is 0 Å². The highest BCUT2D eigenvalue weighted by Gasteiger charge is 2.11. The Kier molecular flexibility index (Phi) is 8.10. The third-order valence-corrected chi connectivity index (χ3v) is 3.42. The van der Waals surface area contributed by atoms with Crippen molar-refractivity contribution in [2.45, 2.75) is 44.6 Å². The molecule has 0 aliphatic rings. The van der Waals surface area contributed by atoms with Crippen LogP contribution in [0.15, 0.2) is 35.3 Å². The molecule has 1 aromatic rings. The van der Waals surface area contributed by atoms with E-state index >= 15 is 0 Å². The SMILES string of the molecule is CC(c1ccccc1)C(N)C=NCCCCCCN. The second-order valence-electron chi connectivity index (χ2n) is 5.03. The van der Waals surface area contributed by atoms with Crippen molar-refractivity contribution in [2.75, 3.05) is 13.1 Å². The molecule has 3 nitrogen and oxygen atoms in total. The van der Waals surface area contributed by atoms with Gasteiger partial charge in [0.05, 0.1) is 0 Å². The summed E-state index contributed by atoms with van der Waals surface area (Å²) < 4.78 is 0. The average Bonchev–Trinajstić information content (AvgIpc) is 2.46. The lowest BCUT2D eigenvalue weighted by atomic mass is 9.95. The molecule has 19 heavy (non-hydrogen) atoms. The topological polar surface area (TPSA) is 64.4 Å². The van der Waals surface area contributed by atoms with Crippen molar-refractivity contribution in [1.82, 2.24) is 0 Å². The molecule has 0 amide bonds. The van der Waals surface area contributed by atoms with Crippen LogP contribution in [0.2, 0.25) is 0 Å². The summed E-state index contributed by atoms with van der Waals surface area (Å²) in [6, 6.07) is 10.3. The average molecular weight is 261 g/mol. The van der Waals surface area contributed by atoms with Crippen LogP contribution in [0.1, 0.15) is 44.1 Å². The third-order valence-electron chi connectivity index (χ3n) is 3.42. The number of hydrogen-bond acceptors (Lipinski definition) is 3. The monoisotopic (exact) mass is 261 g/mol. The fourth-order valence-electron chi connectivity index (χ4n) is 2.01. The highest BCUT2D eigenvalue weighted by molar-refractivity contribution is 5.65. The zero-order valence-corrected chi connectivity index (χ0v) is 12.0. The van der Waals surface area contributed by atoms with Crippen LogP contribution in [0.3, 0.4) is 0 Å². The van der Waals surface area contributed by atoms with Crippen LogP contribution in [0.5, 0.6) is 0 Å². The second-order valence-corrected chi connectivity index (χ2v) is 5.03. The molecule has 2 unspecified atom stereocenters. The minimum Gasteiger partial charge on any atom is -0.330 e. The van der Waals surface area contributed by atoms with Crippen LogP contribution in [-0.4, -0.2) is 25.3 Å². The smallest absolute Gasteiger partial charge is 0.0462 e. The summed E-state index contributed by atoms with van der Waals surface area (Å²) in [6.07, 6.45) is 6.56. The first kappa shape index (κ1) is 15.9. The fraction of sp³-hybridized carbons (Fsp3) is 0.562. The highest BCUT2D eigenvalue weighted by Crippen LogP contribution is 2.16. The van der Waals surface area contributed by atoms with E-state index in [2.05, 4.69) is 24.0 Å². The van der Waals surface area contributed by atoms with Gasteiger partial charge in [-0.15, -0.1) is 0 Å². The van der Waals surface area contributed by atoms with Gasteiger partial charge >= 0.3 is 0 Å². The van der Waals surface area contributed by atoms with Crippen molar-refractivity contribution < 1.29 is 0 Å². The molecule has 0 bridgehead atoms. The molecule has 0 radical (unpaired) electrons. The number of aliphatic imine (C=N–C) groups is 1. The molecule has 3 heteroatoms. The van der Waals surface area contributed by atoms with E-state index in [1.807, 2.05) is 24.4 Å². The predicted molar refractivity (Wildman–Crippen MR) is 83.7 cm³/mol. The summed E-state index contributed by atoms with van der Waals surface area (Å²) in [5.41, 5.74) is 12.9. The van der Waals surface area contributed by atoms with Crippen molar-refractivity contribution in [3.8, 4) is 0 Å². The molecule has 1 aromatic carbocycles. The quantitative estimate of drug-likeness (QED) is 0.530. The van der Waals surface area contributed by atoms with Crippen molar-refractivity contribution in [1.29, 1.82) is 0 Å². The number of unbranched alkanes of at least 4 members (excludes halogenated alkanes) is 3. The molecular formula is C16H27N3. The normalized spacial score (nSPS) is 14.7. The van der Waals surface area contributed by atoms with E-state index in [0.717, 1.165) is 25.9 Å². The molecule has 0 saturated heterocycles. The number of nitrogens with two attached hydrogens (primary N) is 2. The van der Waals surface area contributed by atoms with Gasteiger partial charge in [0, 0.05) is 24.7 Å². The fourth-order valence-corrected chi connectivity index (χ4v) is 2.01. The van der Waals surface area contributed by atoms with E-state index in [0.29, 0.717) is 5.92 Å². The maximum atomic E-state index is 6.15. The van der Waals surface area contributed by atoms with Crippen LogP contribution >= 0.6 is 0 Å². The molecule has 0 fully saturated rings. The first-order chi connectivity index (χ1) is 9.25. The minimum atomic E-state index is -0.00792. The van der Waals surface area contributed by atoms with Crippen LogP contribution in [0.25, 0.3) is 0 Å². The molecule has 0 spiro atoms. The summed E-state index contributed by atoms with van der Waals surface area (Å²) in [6.45, 7) is 3.82. The molecule has 1 rings (SSSR count). The van der Waals surface area contributed by atoms with Gasteiger partial charge in [-0.3, -0.25) is 4.99 Å². The zero-order valence-electron chi connectivity index (χ0n) is 12.0. The van der Waals surface area contributed by atoms with E-state index in [1.165, 1.54) is 18.4 Å². The predicted octanol–water partition coefficient (Wildman–Crippen LogP) is 2.71. The molecule has 0 heterocycles. The maximum absolute atomic E-state index is 6.15. The Morgan fingerprint density at radius 3 is 2.47 bits per heavy atom. The Morgan fingerprint density at radius 1 is 1.11 bits per heavy atom. The van der Waals surface area contributed by atoms with Gasteiger partial charge in [-0.25, -0.2) is 0 Å². The van der Waals surface area contributed by atoms with Crippen molar-refractivity contribution in [3.05, 3.63) is 35.9 Å². The lowest BCUT2D eigenvalue weighted by Crippen LogP contribution is -2.28. The number of benzene rings is 1. The van der Waals surface area contributed by atoms with E-state index in [-0.39, 0.29) is 6.04 Å². The lowest BCUT2D eigenvalue weighted by Gasteiger charge is -2.16. The van der Waals surface area contributed by atoms with Gasteiger partial charge in [-0.1, -0.05) is 50.1 Å². The van der Waals surface area contributed by atoms with Crippen LogP contribution in [-0.2, 0) is 0 Å². The Hall–Kier alpha value is -1.19. The number of nitrogens with zero attached hydrogens (tertiary/aromatic N) is 1. The van der Waals surface area contributed by atoms with E-state index in [4.69, 9.17) is 11.5 Å². The van der Waals surface area contributed by atoms with Gasteiger partial charge in [-0.2, -0.15) is 0 Å². The van der Waals surface area contributed by atoms with E-state index in [9.17, 15) is 0 Å². The van der Waals surface area contributed by atoms with Gasteiger partial charge in [0.15, 0.2) is 0 Å². The van der Waals surface area contributed by atoms with Crippen molar-refractivity contribution in [3.63, 3.8) is 0 Å². The number of hydrogen-bond donors (Lipinski definition) is 2. The van der Waals surface area contributed by atoms with Crippen LogP contribution in [0, 0.1) is 0 Å². The van der Waals surface area contributed by atoms with Crippen molar-refractivity contribution in [2.24, 2.45) is 16.5 Å². The molecule has 2 atom stereocenters. The second kappa shape index (κ2) is 9.70. The Morgan fingerprint density at radius 2 is 1.79 bits per heavy atom. The Bertz CT molecular complexity index is 348. The summed E-state index contributed by atoms with van der Waals surface area (Å²) in [5, 5.41) is 0. The summed E-state index contributed by atoms with van der Waals surface area (Å²) >= 11 is 0. The molecular weight excluding hydrogens is 234 g/mol. The van der Waals surface area contributed by atoms with E-state index in [1.54, 1.807) is 0 Å². The van der Waals surface area contributed by atoms with Gasteiger partial charge < -0.3 is 11.5 Å². The molecule has 4 N–H and O–H groups in total. The molecule has 0 aliphatic carbocycles. The van der Waals surface area contributed by atoms with Crippen LogP contribution in [0.4, 0.5) is 0 Å². The Balaban J connectivity index is 2.24. The summed E-state index contributed by atoms with van der Waals surface area (Å²) in [4.78, 5) is 4.43. The maximum Gasteiger partial charge on any atom is 0.0462 e. The van der Waals surface area contributed by atoms with Gasteiger partial charge in [-0.05, 0) is 24.9 Å². The van der Waals surface area contributed by atoms with Crippen molar-refractivity contribution >= 4 is 6.21 Å². The zero-order chi connectivity index (χ0) is 13.9. The first-order valence-electron chi connectivity index (χ1n) is 7.26. The molecule has 0 saturated carbocycles. The largest absolute Gasteiger partial charge is 0.330 e. The number of rotatable bonds is 9. The molecule has 0 aromatic heterocycles. The van der Waals surface area contributed by atoms with Gasteiger partial charge in [0.2, 0.25) is 0 Å². The summed E-state index contributed by atoms with van der Waals surface area (Å²) in [5.74, 6) is 0.308. The lowest BCUT2D eigenvalue weighted by molar-refractivity contribution is 0.650. The highest BCUT2D eigenvalue weighted by atomic mass is 14.8. The van der Waals surface area contributed by atoms with Gasteiger partial charge in [0.25, 0.3) is 0 Å². The molecule has 106 valence electrons. The summed E-state index contributed by atoms with van der Waals surface area (Å²) in [7, 11) is 0.